The molecule has 0 bridgehead atoms. The summed E-state index contributed by atoms with van der Waals surface area (Å²) >= 11 is 0. The molecular weight excluding hydrogens is 204 g/mol. The third-order valence-corrected chi connectivity index (χ3v) is 3.01. The molecule has 1 nitrogen and oxygen atoms in total. The Morgan fingerprint density at radius 3 is 1.93 bits per heavy atom. The van der Waals surface area contributed by atoms with Crippen LogP contribution >= 0.6 is 0 Å². The first-order valence-corrected chi connectivity index (χ1v) is 4.95. The molecule has 5 heteroatoms. The molecule has 1 aromatic rings. The Morgan fingerprint density at radius 1 is 1.07 bits per heavy atom. The summed E-state index contributed by atoms with van der Waals surface area (Å²) in [5.74, 6) is 0. The molecule has 1 saturated carbocycles. The molecule has 1 aliphatic rings. The van der Waals surface area contributed by atoms with Gasteiger partial charge in [-0.2, -0.15) is 0 Å². The van der Waals surface area contributed by atoms with E-state index in [0.29, 0.717) is 18.4 Å². The van der Waals surface area contributed by atoms with Crippen molar-refractivity contribution in [3.8, 4) is 0 Å². The van der Waals surface area contributed by atoms with Crippen LogP contribution in [0, 0.1) is 0 Å². The maximum atomic E-state index is 12.3. The number of hydrogen-bond acceptors (Lipinski definition) is 1. The Balaban J connectivity index is 2.24. The van der Waals surface area contributed by atoms with Gasteiger partial charge in [-0.15, -0.1) is 5.46 Å². The van der Waals surface area contributed by atoms with E-state index in [1.165, 1.54) is 12.1 Å². The normalized spacial score (nSPS) is 19.7. The lowest BCUT2D eigenvalue weighted by Gasteiger charge is -2.37. The number of hydrogen-bond donors (Lipinski definition) is 1. The van der Waals surface area contributed by atoms with Crippen LogP contribution in [0.25, 0.3) is 0 Å². The Morgan fingerprint density at radius 2 is 1.60 bits per heavy atom. The minimum Gasteiger partial charge on any atom is -0.445 e. The molecule has 0 radical (unpaired) electrons. The van der Waals surface area contributed by atoms with Gasteiger partial charge in [0.05, 0.1) is 5.60 Å². The molecule has 1 fully saturated rings. The average Bonchev–Trinajstić information content (AvgIpc) is 2.13. The molecule has 1 aromatic carbocycles. The van der Waals surface area contributed by atoms with Crippen LogP contribution in [0.4, 0.5) is 12.9 Å². The highest BCUT2D eigenvalue weighted by Crippen LogP contribution is 2.40. The van der Waals surface area contributed by atoms with Gasteiger partial charge < -0.3 is 18.1 Å². The van der Waals surface area contributed by atoms with Gasteiger partial charge in [0.15, 0.2) is 0 Å². The van der Waals surface area contributed by atoms with Gasteiger partial charge >= 0.3 is 6.98 Å². The lowest BCUT2D eigenvalue weighted by molar-refractivity contribution is -0.0387. The van der Waals surface area contributed by atoms with Crippen molar-refractivity contribution in [3.63, 3.8) is 0 Å². The van der Waals surface area contributed by atoms with Crippen LogP contribution in [0.3, 0.4) is 0 Å². The monoisotopic (exact) mass is 215 g/mol. The Kier molecular flexibility index (Phi) is 2.30. The maximum Gasteiger partial charge on any atom is 0.509 e. The van der Waals surface area contributed by atoms with Crippen LogP contribution in [0.15, 0.2) is 24.3 Å². The smallest absolute Gasteiger partial charge is 0.445 e. The largest absolute Gasteiger partial charge is 0.509 e. The molecule has 0 amide bonds. The summed E-state index contributed by atoms with van der Waals surface area (Å²) in [6, 6.07) is 4.85. The average molecular weight is 215 g/mol. The summed E-state index contributed by atoms with van der Waals surface area (Å²) in [4.78, 5) is 0. The second kappa shape index (κ2) is 3.27. The van der Waals surface area contributed by atoms with E-state index in [2.05, 4.69) is 0 Å². The minimum absolute atomic E-state index is 0.595. The topological polar surface area (TPSA) is 20.2 Å². The zero-order valence-corrected chi connectivity index (χ0v) is 8.09. The highest BCUT2D eigenvalue weighted by Gasteiger charge is 2.36. The van der Waals surface area contributed by atoms with E-state index >= 15 is 0 Å². The van der Waals surface area contributed by atoms with E-state index in [9.17, 15) is 18.1 Å². The second-order valence-electron chi connectivity index (χ2n) is 4.08. The van der Waals surface area contributed by atoms with Crippen molar-refractivity contribution in [2.75, 3.05) is 0 Å². The van der Waals surface area contributed by atoms with Gasteiger partial charge in [-0.1, -0.05) is 24.3 Å². The standard InChI is InChI=1S/C10H11BF3O/c12-11(13,14)9-4-2-8(3-5-9)10(15)6-1-7-10/h2-5,15H,1,6-7H2/q-1. The van der Waals surface area contributed by atoms with E-state index in [0.717, 1.165) is 18.6 Å². The molecule has 1 aliphatic carbocycles. The lowest BCUT2D eigenvalue weighted by Crippen LogP contribution is -2.36. The second-order valence-corrected chi connectivity index (χ2v) is 4.08. The van der Waals surface area contributed by atoms with Crippen LogP contribution < -0.4 is 5.46 Å². The van der Waals surface area contributed by atoms with Gasteiger partial charge in [0.1, 0.15) is 0 Å². The van der Waals surface area contributed by atoms with Crippen molar-refractivity contribution < 1.29 is 18.1 Å². The molecule has 0 heterocycles. The quantitative estimate of drug-likeness (QED) is 0.749. The third-order valence-electron chi connectivity index (χ3n) is 3.01. The van der Waals surface area contributed by atoms with Crippen molar-refractivity contribution in [2.24, 2.45) is 0 Å². The molecule has 0 unspecified atom stereocenters. The maximum absolute atomic E-state index is 12.3. The summed E-state index contributed by atoms with van der Waals surface area (Å²) in [5.41, 5.74) is -0.892. The summed E-state index contributed by atoms with van der Waals surface area (Å²) in [6.45, 7) is -4.93. The molecule has 0 aliphatic heterocycles. The van der Waals surface area contributed by atoms with Gasteiger partial charge in [-0.3, -0.25) is 0 Å². The molecule has 1 N–H and O–H groups in total. The first kappa shape index (κ1) is 10.5. The minimum atomic E-state index is -4.93. The zero-order chi connectivity index (χ0) is 11.1. The van der Waals surface area contributed by atoms with Gasteiger partial charge in [0, 0.05) is 0 Å². The fourth-order valence-corrected chi connectivity index (χ4v) is 1.81. The van der Waals surface area contributed by atoms with Crippen molar-refractivity contribution in [1.82, 2.24) is 0 Å². The number of rotatable bonds is 2. The third kappa shape index (κ3) is 1.88. The van der Waals surface area contributed by atoms with Crippen LogP contribution in [0.2, 0.25) is 0 Å². The van der Waals surface area contributed by atoms with E-state index in [-0.39, 0.29) is 0 Å². The van der Waals surface area contributed by atoms with Gasteiger partial charge in [-0.25, -0.2) is 0 Å². The molecule has 0 atom stereocenters. The van der Waals surface area contributed by atoms with Crippen molar-refractivity contribution >= 4 is 12.4 Å². The van der Waals surface area contributed by atoms with Crippen molar-refractivity contribution in [1.29, 1.82) is 0 Å². The first-order valence-electron chi connectivity index (χ1n) is 4.95. The Labute approximate surface area is 86.0 Å². The Bertz CT molecular complexity index is 354. The van der Waals surface area contributed by atoms with E-state index in [1.807, 2.05) is 0 Å². The summed E-state index contributed by atoms with van der Waals surface area (Å²) in [6.07, 6.45) is 2.22. The number of aliphatic hydroxyl groups is 1. The van der Waals surface area contributed by atoms with Gasteiger partial charge in [0.25, 0.3) is 0 Å². The Hall–Kier alpha value is -0.965. The highest BCUT2D eigenvalue weighted by atomic mass is 19.4. The van der Waals surface area contributed by atoms with E-state index < -0.39 is 18.0 Å². The molecule has 0 aromatic heterocycles. The van der Waals surface area contributed by atoms with Crippen molar-refractivity contribution in [2.45, 2.75) is 24.9 Å². The van der Waals surface area contributed by atoms with Gasteiger partial charge in [0.2, 0.25) is 0 Å². The number of halogens is 3. The lowest BCUT2D eigenvalue weighted by atomic mass is 9.73. The SMILES string of the molecule is OC1(c2ccc([B-](F)(F)F)cc2)CCC1. The first-order chi connectivity index (χ1) is 6.92. The molecular formula is C10H11BF3O-. The summed E-state index contributed by atoms with van der Waals surface area (Å²) in [5, 5.41) is 9.90. The summed E-state index contributed by atoms with van der Waals surface area (Å²) < 4.78 is 36.9. The predicted molar refractivity (Wildman–Crippen MR) is 52.9 cm³/mol. The zero-order valence-electron chi connectivity index (χ0n) is 8.09. The van der Waals surface area contributed by atoms with Crippen LogP contribution in [-0.2, 0) is 5.60 Å². The van der Waals surface area contributed by atoms with Crippen LogP contribution in [0.5, 0.6) is 0 Å². The van der Waals surface area contributed by atoms with E-state index in [1.54, 1.807) is 0 Å². The fraction of sp³-hybridized carbons (Fsp3) is 0.400. The molecule has 15 heavy (non-hydrogen) atoms. The van der Waals surface area contributed by atoms with E-state index in [4.69, 9.17) is 0 Å². The fourth-order valence-electron chi connectivity index (χ4n) is 1.81. The van der Waals surface area contributed by atoms with Crippen molar-refractivity contribution in [3.05, 3.63) is 29.8 Å². The van der Waals surface area contributed by atoms with Crippen LogP contribution in [-0.4, -0.2) is 12.1 Å². The molecule has 0 spiro atoms. The van der Waals surface area contributed by atoms with Crippen LogP contribution in [0.1, 0.15) is 24.8 Å². The summed E-state index contributed by atoms with van der Waals surface area (Å²) in [7, 11) is 0. The number of benzene rings is 1. The molecule has 2 rings (SSSR count). The molecule has 82 valence electrons. The van der Waals surface area contributed by atoms with Gasteiger partial charge in [-0.05, 0) is 24.8 Å². The molecule has 0 saturated heterocycles. The highest BCUT2D eigenvalue weighted by molar-refractivity contribution is 6.73. The predicted octanol–water partition coefficient (Wildman–Crippen LogP) is 2.11.